The summed E-state index contributed by atoms with van der Waals surface area (Å²) in [6, 6.07) is 3.69. The molecule has 1 saturated carbocycles. The van der Waals surface area contributed by atoms with E-state index in [4.69, 9.17) is 5.73 Å². The maximum atomic E-state index is 10.1. The SMILES string of the molecule is Nc1ncccc1C(O)C1CCCC1. The molecule has 3 nitrogen and oxygen atoms in total. The standard InChI is InChI=1S/C11H16N2O/c12-11-9(6-3-7-13-11)10(14)8-4-1-2-5-8/h3,6-8,10,14H,1-2,4-5H2,(H2,12,13). The molecule has 3 N–H and O–H groups in total. The van der Waals surface area contributed by atoms with Gasteiger partial charge in [-0.3, -0.25) is 0 Å². The van der Waals surface area contributed by atoms with Crippen LogP contribution in [0.4, 0.5) is 5.82 Å². The minimum absolute atomic E-state index is 0.376. The van der Waals surface area contributed by atoms with Crippen molar-refractivity contribution in [2.24, 2.45) is 5.92 Å². The Morgan fingerprint density at radius 3 is 2.79 bits per heavy atom. The molecule has 0 saturated heterocycles. The van der Waals surface area contributed by atoms with Crippen LogP contribution in [0.2, 0.25) is 0 Å². The molecule has 1 aromatic rings. The molecule has 1 fully saturated rings. The smallest absolute Gasteiger partial charge is 0.129 e. The summed E-state index contributed by atoms with van der Waals surface area (Å²) in [6.07, 6.45) is 5.89. The van der Waals surface area contributed by atoms with E-state index >= 15 is 0 Å². The number of anilines is 1. The van der Waals surface area contributed by atoms with Gasteiger partial charge in [-0.1, -0.05) is 18.9 Å². The molecule has 1 aromatic heterocycles. The minimum Gasteiger partial charge on any atom is -0.388 e. The molecule has 14 heavy (non-hydrogen) atoms. The molecular formula is C11H16N2O. The molecular weight excluding hydrogens is 176 g/mol. The van der Waals surface area contributed by atoms with Crippen molar-refractivity contribution in [3.63, 3.8) is 0 Å². The van der Waals surface area contributed by atoms with Crippen LogP contribution in [0, 0.1) is 5.92 Å². The number of aliphatic hydroxyl groups excluding tert-OH is 1. The third-order valence-electron chi connectivity index (χ3n) is 3.04. The van der Waals surface area contributed by atoms with Crippen LogP contribution in [-0.4, -0.2) is 10.1 Å². The summed E-state index contributed by atoms with van der Waals surface area (Å²) in [6.45, 7) is 0. The Balaban J connectivity index is 2.17. The van der Waals surface area contributed by atoms with Gasteiger partial charge in [-0.05, 0) is 24.8 Å². The van der Waals surface area contributed by atoms with Crippen molar-refractivity contribution in [1.82, 2.24) is 4.98 Å². The summed E-state index contributed by atoms with van der Waals surface area (Å²) < 4.78 is 0. The molecule has 76 valence electrons. The van der Waals surface area contributed by atoms with E-state index in [0.29, 0.717) is 11.7 Å². The molecule has 0 aliphatic heterocycles. The zero-order chi connectivity index (χ0) is 9.97. The van der Waals surface area contributed by atoms with Crippen LogP contribution in [0.1, 0.15) is 37.4 Å². The Labute approximate surface area is 84.0 Å². The highest BCUT2D eigenvalue weighted by atomic mass is 16.3. The third-order valence-corrected chi connectivity index (χ3v) is 3.04. The van der Waals surface area contributed by atoms with E-state index in [2.05, 4.69) is 4.98 Å². The molecule has 1 heterocycles. The third kappa shape index (κ3) is 1.73. The first-order chi connectivity index (χ1) is 6.79. The van der Waals surface area contributed by atoms with Gasteiger partial charge in [-0.25, -0.2) is 4.98 Å². The average Bonchev–Trinajstić information content (AvgIpc) is 2.70. The Kier molecular flexibility index (Phi) is 2.68. The fourth-order valence-corrected chi connectivity index (χ4v) is 2.21. The van der Waals surface area contributed by atoms with E-state index < -0.39 is 6.10 Å². The Morgan fingerprint density at radius 1 is 1.43 bits per heavy atom. The molecule has 0 radical (unpaired) electrons. The van der Waals surface area contributed by atoms with Crippen LogP contribution >= 0.6 is 0 Å². The van der Waals surface area contributed by atoms with Gasteiger partial charge in [0.2, 0.25) is 0 Å². The van der Waals surface area contributed by atoms with Gasteiger partial charge >= 0.3 is 0 Å². The number of aliphatic hydroxyl groups is 1. The van der Waals surface area contributed by atoms with E-state index in [1.807, 2.05) is 12.1 Å². The molecule has 0 bridgehead atoms. The molecule has 1 aliphatic rings. The predicted molar refractivity (Wildman–Crippen MR) is 55.6 cm³/mol. The van der Waals surface area contributed by atoms with Crippen molar-refractivity contribution < 1.29 is 5.11 Å². The second-order valence-electron chi connectivity index (χ2n) is 3.97. The van der Waals surface area contributed by atoms with Gasteiger partial charge < -0.3 is 10.8 Å². The molecule has 1 aliphatic carbocycles. The molecule has 0 aromatic carbocycles. The summed E-state index contributed by atoms with van der Waals surface area (Å²) in [7, 11) is 0. The van der Waals surface area contributed by atoms with Crippen LogP contribution < -0.4 is 5.73 Å². The van der Waals surface area contributed by atoms with Crippen molar-refractivity contribution in [3.8, 4) is 0 Å². The molecule has 3 heteroatoms. The van der Waals surface area contributed by atoms with Crippen LogP contribution in [-0.2, 0) is 0 Å². The van der Waals surface area contributed by atoms with Crippen LogP contribution in [0.25, 0.3) is 0 Å². The lowest BCUT2D eigenvalue weighted by Gasteiger charge is -2.18. The summed E-state index contributed by atoms with van der Waals surface area (Å²) in [5.41, 5.74) is 6.51. The van der Waals surface area contributed by atoms with Gasteiger partial charge in [0.15, 0.2) is 0 Å². The topological polar surface area (TPSA) is 59.1 Å². The van der Waals surface area contributed by atoms with Gasteiger partial charge in [-0.15, -0.1) is 0 Å². The van der Waals surface area contributed by atoms with Crippen molar-refractivity contribution in [2.45, 2.75) is 31.8 Å². The van der Waals surface area contributed by atoms with Crippen molar-refractivity contribution >= 4 is 5.82 Å². The Morgan fingerprint density at radius 2 is 2.14 bits per heavy atom. The van der Waals surface area contributed by atoms with E-state index in [1.165, 1.54) is 12.8 Å². The average molecular weight is 192 g/mol. The number of hydrogen-bond acceptors (Lipinski definition) is 3. The Bertz CT molecular complexity index is 308. The largest absolute Gasteiger partial charge is 0.388 e. The molecule has 2 rings (SSSR count). The van der Waals surface area contributed by atoms with Crippen molar-refractivity contribution in [2.75, 3.05) is 5.73 Å². The van der Waals surface area contributed by atoms with Gasteiger partial charge in [0.25, 0.3) is 0 Å². The van der Waals surface area contributed by atoms with Crippen LogP contribution in [0.15, 0.2) is 18.3 Å². The number of nitrogens with zero attached hydrogens (tertiary/aromatic N) is 1. The van der Waals surface area contributed by atoms with E-state index in [9.17, 15) is 5.11 Å². The summed E-state index contributed by atoms with van der Waals surface area (Å²) in [5, 5.41) is 10.1. The normalized spacial score (nSPS) is 19.8. The highest BCUT2D eigenvalue weighted by molar-refractivity contribution is 5.40. The molecule has 1 atom stereocenters. The zero-order valence-electron chi connectivity index (χ0n) is 8.19. The lowest BCUT2D eigenvalue weighted by molar-refractivity contribution is 0.112. The number of aromatic nitrogens is 1. The molecule has 0 spiro atoms. The number of rotatable bonds is 2. The fraction of sp³-hybridized carbons (Fsp3) is 0.545. The zero-order valence-corrected chi connectivity index (χ0v) is 8.19. The van der Waals surface area contributed by atoms with Crippen molar-refractivity contribution in [1.29, 1.82) is 0 Å². The number of pyridine rings is 1. The predicted octanol–water partition coefficient (Wildman–Crippen LogP) is 1.89. The first-order valence-electron chi connectivity index (χ1n) is 5.17. The first-order valence-corrected chi connectivity index (χ1v) is 5.17. The Hall–Kier alpha value is -1.09. The second kappa shape index (κ2) is 3.96. The highest BCUT2D eigenvalue weighted by Gasteiger charge is 2.25. The van der Waals surface area contributed by atoms with Crippen molar-refractivity contribution in [3.05, 3.63) is 23.9 Å². The van der Waals surface area contributed by atoms with Crippen LogP contribution in [0.5, 0.6) is 0 Å². The van der Waals surface area contributed by atoms with Gasteiger partial charge in [0.05, 0.1) is 6.10 Å². The summed E-state index contributed by atoms with van der Waals surface area (Å²) in [5.74, 6) is 0.841. The van der Waals surface area contributed by atoms with Gasteiger partial charge in [-0.2, -0.15) is 0 Å². The van der Waals surface area contributed by atoms with Gasteiger partial charge in [0.1, 0.15) is 5.82 Å². The van der Waals surface area contributed by atoms with Gasteiger partial charge in [0, 0.05) is 11.8 Å². The van der Waals surface area contributed by atoms with Crippen LogP contribution in [0.3, 0.4) is 0 Å². The number of nitrogens with two attached hydrogens (primary N) is 1. The molecule has 1 unspecified atom stereocenters. The lowest BCUT2D eigenvalue weighted by atomic mass is 9.95. The lowest BCUT2D eigenvalue weighted by Crippen LogP contribution is -2.11. The highest BCUT2D eigenvalue weighted by Crippen LogP contribution is 2.36. The maximum Gasteiger partial charge on any atom is 0.129 e. The second-order valence-corrected chi connectivity index (χ2v) is 3.97. The monoisotopic (exact) mass is 192 g/mol. The summed E-state index contributed by atoms with van der Waals surface area (Å²) >= 11 is 0. The van der Waals surface area contributed by atoms with E-state index in [1.54, 1.807) is 6.20 Å². The molecule has 0 amide bonds. The number of nitrogen functional groups attached to an aromatic ring is 1. The fourth-order valence-electron chi connectivity index (χ4n) is 2.21. The van der Waals surface area contributed by atoms with E-state index in [-0.39, 0.29) is 0 Å². The minimum atomic E-state index is -0.425. The quantitative estimate of drug-likeness (QED) is 0.752. The first kappa shape index (κ1) is 9.46. The maximum absolute atomic E-state index is 10.1. The number of hydrogen-bond donors (Lipinski definition) is 2. The summed E-state index contributed by atoms with van der Waals surface area (Å²) in [4.78, 5) is 3.99. The van der Waals surface area contributed by atoms with E-state index in [0.717, 1.165) is 18.4 Å².